The summed E-state index contributed by atoms with van der Waals surface area (Å²) in [5.74, 6) is -2.08. The van der Waals surface area contributed by atoms with Crippen LogP contribution in [0, 0.1) is 24.2 Å². The number of hydrogen-bond acceptors (Lipinski definition) is 6. The highest BCUT2D eigenvalue weighted by Crippen LogP contribution is 2.44. The zero-order chi connectivity index (χ0) is 33.8. The molecule has 1 saturated heterocycles. The fraction of sp³-hybridized carbons (Fsp3) is 0.324. The summed E-state index contributed by atoms with van der Waals surface area (Å²) in [6, 6.07) is 13.3. The van der Waals surface area contributed by atoms with E-state index in [2.05, 4.69) is 17.6 Å². The van der Waals surface area contributed by atoms with E-state index in [1.54, 1.807) is 30.1 Å². The molecule has 0 N–H and O–H groups in total. The number of aromatic nitrogens is 1. The summed E-state index contributed by atoms with van der Waals surface area (Å²) in [6.07, 6.45) is -3.43. The molecule has 47 heavy (non-hydrogen) atoms. The minimum Gasteiger partial charge on any atom is -0.364 e. The number of carbonyl (C=O) groups is 3. The second-order valence-electron chi connectivity index (χ2n) is 12.0. The summed E-state index contributed by atoms with van der Waals surface area (Å²) in [7, 11) is 1.55. The second-order valence-corrected chi connectivity index (χ2v) is 12.4. The lowest BCUT2D eigenvalue weighted by Crippen LogP contribution is -2.52. The fourth-order valence-corrected chi connectivity index (χ4v) is 7.23. The lowest BCUT2D eigenvalue weighted by atomic mass is 9.94. The van der Waals surface area contributed by atoms with Gasteiger partial charge in [-0.1, -0.05) is 42.4 Å². The van der Waals surface area contributed by atoms with Crippen LogP contribution in [0.25, 0.3) is 0 Å². The van der Waals surface area contributed by atoms with Gasteiger partial charge in [-0.15, -0.1) is 0 Å². The third-order valence-corrected chi connectivity index (χ3v) is 9.33. The fourth-order valence-electron chi connectivity index (χ4n) is 6.94. The van der Waals surface area contributed by atoms with Crippen molar-refractivity contribution in [1.29, 1.82) is 5.26 Å². The normalized spacial score (nSPS) is 20.7. The Hall–Kier alpha value is -4.89. The van der Waals surface area contributed by atoms with Crippen LogP contribution in [0.1, 0.15) is 46.8 Å². The van der Waals surface area contributed by atoms with E-state index in [1.165, 1.54) is 17.9 Å². The largest absolute Gasteiger partial charge is 0.416 e. The third kappa shape index (κ3) is 5.69. The SMILES string of the molecule is C=CC(=O)N1Cc2ccc(CN3C[C@H]4CC(=O)N(c5cc(C(F)(F)F)cc(C)n5)[C@@H]4C(=O)N(C)c4cccc(Cl)c43)cc2[C@H]1CC#N. The number of pyridine rings is 1. The molecule has 9 nitrogen and oxygen atoms in total. The molecule has 1 aromatic heterocycles. The number of anilines is 3. The minimum absolute atomic E-state index is 0.0659. The molecule has 3 aliphatic rings. The number of halogens is 4. The van der Waals surface area contributed by atoms with Gasteiger partial charge >= 0.3 is 6.18 Å². The molecule has 2 aromatic carbocycles. The van der Waals surface area contributed by atoms with E-state index in [9.17, 15) is 32.8 Å². The molecule has 4 heterocycles. The molecule has 0 unspecified atom stereocenters. The molecule has 6 rings (SSSR count). The van der Waals surface area contributed by atoms with Gasteiger partial charge in [-0.2, -0.15) is 18.4 Å². The van der Waals surface area contributed by atoms with Crippen molar-refractivity contribution in [2.24, 2.45) is 5.92 Å². The summed E-state index contributed by atoms with van der Waals surface area (Å²) in [5, 5.41) is 9.90. The first-order valence-corrected chi connectivity index (χ1v) is 15.3. The van der Waals surface area contributed by atoms with Crippen LogP contribution >= 0.6 is 11.6 Å². The molecule has 0 bridgehead atoms. The lowest BCUT2D eigenvalue weighted by Gasteiger charge is -2.39. The van der Waals surface area contributed by atoms with Gasteiger partial charge in [0, 0.05) is 44.7 Å². The molecule has 0 radical (unpaired) electrons. The molecule has 0 aliphatic carbocycles. The molecule has 3 atom stereocenters. The van der Waals surface area contributed by atoms with Crippen molar-refractivity contribution in [3.8, 4) is 6.07 Å². The predicted molar refractivity (Wildman–Crippen MR) is 169 cm³/mol. The number of benzene rings is 2. The number of alkyl halides is 3. The Morgan fingerprint density at radius 2 is 1.96 bits per heavy atom. The van der Waals surface area contributed by atoms with Crippen LogP contribution in [0.4, 0.5) is 30.4 Å². The molecule has 0 saturated carbocycles. The van der Waals surface area contributed by atoms with Crippen molar-refractivity contribution in [2.75, 3.05) is 28.3 Å². The Kier molecular flexibility index (Phi) is 8.22. The summed E-state index contributed by atoms with van der Waals surface area (Å²) >= 11 is 6.78. The molecular weight excluding hydrogens is 633 g/mol. The molecule has 3 aromatic rings. The van der Waals surface area contributed by atoms with Crippen molar-refractivity contribution < 1.29 is 27.6 Å². The number of carbonyl (C=O) groups excluding carboxylic acids is 3. The number of hydrogen-bond donors (Lipinski definition) is 0. The minimum atomic E-state index is -4.67. The Balaban J connectivity index is 1.41. The van der Waals surface area contributed by atoms with E-state index in [4.69, 9.17) is 11.6 Å². The zero-order valence-electron chi connectivity index (χ0n) is 25.6. The smallest absolute Gasteiger partial charge is 0.364 e. The molecule has 3 amide bonds. The molecular formula is C34H30ClF3N6O3. The Labute approximate surface area is 274 Å². The van der Waals surface area contributed by atoms with Gasteiger partial charge < -0.3 is 14.7 Å². The number of rotatable bonds is 5. The topological polar surface area (TPSA) is 101 Å². The first kappa shape index (κ1) is 32.1. The molecule has 0 spiro atoms. The summed E-state index contributed by atoms with van der Waals surface area (Å²) < 4.78 is 41.2. The zero-order valence-corrected chi connectivity index (χ0v) is 26.3. The van der Waals surface area contributed by atoms with Crippen LogP contribution < -0.4 is 14.7 Å². The molecule has 1 fully saturated rings. The van der Waals surface area contributed by atoms with Gasteiger partial charge in [-0.3, -0.25) is 19.3 Å². The maximum absolute atomic E-state index is 14.1. The van der Waals surface area contributed by atoms with E-state index >= 15 is 0 Å². The van der Waals surface area contributed by atoms with Gasteiger partial charge in [0.15, 0.2) is 0 Å². The monoisotopic (exact) mass is 662 g/mol. The number of para-hydroxylation sites is 1. The van der Waals surface area contributed by atoms with Crippen LogP contribution in [-0.2, 0) is 33.6 Å². The van der Waals surface area contributed by atoms with Crippen LogP contribution in [-0.4, -0.2) is 47.2 Å². The average Bonchev–Trinajstić information content (AvgIpc) is 3.54. The van der Waals surface area contributed by atoms with E-state index in [-0.39, 0.29) is 36.8 Å². The number of likely N-dealkylation sites (N-methyl/N-ethyl adjacent to an activating group) is 1. The molecule has 242 valence electrons. The van der Waals surface area contributed by atoms with Gasteiger partial charge in [0.25, 0.3) is 0 Å². The summed E-state index contributed by atoms with van der Waals surface area (Å²) in [4.78, 5) is 50.6. The predicted octanol–water partition coefficient (Wildman–Crippen LogP) is 5.95. The second kappa shape index (κ2) is 12.0. The van der Waals surface area contributed by atoms with Crippen LogP contribution in [0.2, 0.25) is 5.02 Å². The molecule has 13 heteroatoms. The number of nitrogens with zero attached hydrogens (tertiary/aromatic N) is 6. The van der Waals surface area contributed by atoms with E-state index < -0.39 is 41.6 Å². The Morgan fingerprint density at radius 3 is 2.66 bits per heavy atom. The van der Waals surface area contributed by atoms with Gasteiger partial charge in [0.2, 0.25) is 17.7 Å². The quantitative estimate of drug-likeness (QED) is 0.313. The first-order chi connectivity index (χ1) is 22.3. The van der Waals surface area contributed by atoms with Crippen LogP contribution in [0.3, 0.4) is 0 Å². The van der Waals surface area contributed by atoms with Crippen LogP contribution in [0.5, 0.6) is 0 Å². The maximum atomic E-state index is 14.1. The summed E-state index contributed by atoms with van der Waals surface area (Å²) in [5.41, 5.74) is 2.76. The third-order valence-electron chi connectivity index (χ3n) is 9.03. The van der Waals surface area contributed by atoms with Crippen molar-refractivity contribution in [3.63, 3.8) is 0 Å². The van der Waals surface area contributed by atoms with E-state index in [1.807, 2.05) is 23.1 Å². The van der Waals surface area contributed by atoms with Crippen LogP contribution in [0.15, 0.2) is 61.2 Å². The highest BCUT2D eigenvalue weighted by atomic mass is 35.5. The lowest BCUT2D eigenvalue weighted by molar-refractivity contribution is -0.137. The van der Waals surface area contributed by atoms with E-state index in [0.717, 1.165) is 33.7 Å². The highest BCUT2D eigenvalue weighted by Gasteiger charge is 2.49. The number of amides is 3. The van der Waals surface area contributed by atoms with Gasteiger partial charge in [0.1, 0.15) is 11.9 Å². The van der Waals surface area contributed by atoms with Gasteiger partial charge in [-0.25, -0.2) is 4.98 Å². The Bertz CT molecular complexity index is 1860. The highest BCUT2D eigenvalue weighted by molar-refractivity contribution is 6.34. The van der Waals surface area contributed by atoms with Crippen molar-refractivity contribution >= 4 is 46.5 Å². The van der Waals surface area contributed by atoms with Crippen molar-refractivity contribution in [1.82, 2.24) is 9.88 Å². The molecule has 3 aliphatic heterocycles. The number of aryl methyl sites for hydroxylation is 1. The van der Waals surface area contributed by atoms with Crippen molar-refractivity contribution in [2.45, 2.75) is 51.1 Å². The van der Waals surface area contributed by atoms with Gasteiger partial charge in [0.05, 0.1) is 40.5 Å². The first-order valence-electron chi connectivity index (χ1n) is 14.9. The maximum Gasteiger partial charge on any atom is 0.416 e. The number of nitriles is 1. The standard InChI is InChI=1S/C34H30ClF3N6O3/c1-4-29(45)43-18-21-9-8-20(13-24(21)26(43)10-11-39)16-42-17-22-14-30(46)44(28-15-23(34(36,37)38)12-19(2)40-28)31(22)33(47)41(3)27-7-5-6-25(35)32(27)42/h4-9,12-13,15,22,26,31H,1,10,14,16-18H2,2-3H3/t22-,26-,31+/m1/s1. The van der Waals surface area contributed by atoms with Crippen molar-refractivity contribution in [3.05, 3.63) is 94.2 Å². The van der Waals surface area contributed by atoms with E-state index in [0.29, 0.717) is 29.5 Å². The Morgan fingerprint density at radius 1 is 1.19 bits per heavy atom. The summed E-state index contributed by atoms with van der Waals surface area (Å²) in [6.45, 7) is 5.82. The number of fused-ring (bicyclic) bond motifs is 3. The van der Waals surface area contributed by atoms with Gasteiger partial charge in [-0.05, 0) is 54.0 Å². The average molecular weight is 663 g/mol.